The molecule has 2 N–H and O–H groups in total. The topological polar surface area (TPSA) is 49.6 Å². The van der Waals surface area contributed by atoms with E-state index in [1.54, 1.807) is 0 Å². The van der Waals surface area contributed by atoms with Crippen molar-refractivity contribution in [3.63, 3.8) is 0 Å². The van der Waals surface area contributed by atoms with Gasteiger partial charge in [-0.05, 0) is 18.6 Å². The van der Waals surface area contributed by atoms with Crippen molar-refractivity contribution < 1.29 is 4.79 Å². The third-order valence-electron chi connectivity index (χ3n) is 3.43. The maximum atomic E-state index is 12.3. The van der Waals surface area contributed by atoms with E-state index in [0.717, 1.165) is 30.8 Å². The minimum atomic E-state index is -0.383. The zero-order valence-corrected chi connectivity index (χ0v) is 11.1. The fraction of sp³-hybridized carbons (Fsp3) is 0.500. The third kappa shape index (κ3) is 2.34. The third-order valence-corrected chi connectivity index (χ3v) is 3.43. The summed E-state index contributed by atoms with van der Waals surface area (Å²) in [6, 6.07) is 7.60. The molecule has 1 aromatic carbocycles. The first-order valence-electron chi connectivity index (χ1n) is 6.52. The zero-order valence-electron chi connectivity index (χ0n) is 11.1. The second-order valence-electron chi connectivity index (χ2n) is 4.80. The molecule has 0 unspecified atom stereocenters. The van der Waals surface area contributed by atoms with E-state index in [-0.39, 0.29) is 11.9 Å². The van der Waals surface area contributed by atoms with Crippen molar-refractivity contribution in [1.82, 2.24) is 0 Å². The van der Waals surface area contributed by atoms with Crippen LogP contribution in [0.2, 0.25) is 0 Å². The van der Waals surface area contributed by atoms with Gasteiger partial charge in [0.2, 0.25) is 5.91 Å². The van der Waals surface area contributed by atoms with Crippen LogP contribution in [0, 0.1) is 0 Å². The van der Waals surface area contributed by atoms with Gasteiger partial charge in [-0.15, -0.1) is 0 Å². The van der Waals surface area contributed by atoms with Gasteiger partial charge in [0.15, 0.2) is 0 Å². The Labute approximate surface area is 108 Å². The van der Waals surface area contributed by atoms with Gasteiger partial charge in [0.1, 0.15) is 0 Å². The molecule has 0 bridgehead atoms. The molecular formula is C14H21N3O. The van der Waals surface area contributed by atoms with E-state index in [4.69, 9.17) is 5.73 Å². The van der Waals surface area contributed by atoms with E-state index in [1.165, 1.54) is 0 Å². The molecule has 0 spiro atoms. The van der Waals surface area contributed by atoms with Crippen LogP contribution in [0.25, 0.3) is 0 Å². The molecule has 1 aromatic rings. The zero-order chi connectivity index (χ0) is 13.1. The number of rotatable bonds is 3. The highest BCUT2D eigenvalue weighted by molar-refractivity contribution is 6.00. The van der Waals surface area contributed by atoms with Gasteiger partial charge < -0.3 is 15.5 Å². The first kappa shape index (κ1) is 12.9. The Bertz CT molecular complexity index is 433. The molecule has 0 fully saturated rings. The Balaban J connectivity index is 2.26. The SMILES string of the molecule is CCC[C@@H](N)C(=O)N1CCN(C)c2ccccc21. The normalized spacial score (nSPS) is 16.4. The molecule has 1 heterocycles. The maximum absolute atomic E-state index is 12.3. The van der Waals surface area contributed by atoms with Gasteiger partial charge in [-0.25, -0.2) is 0 Å². The quantitative estimate of drug-likeness (QED) is 0.882. The molecule has 0 radical (unpaired) electrons. The molecule has 18 heavy (non-hydrogen) atoms. The van der Waals surface area contributed by atoms with Crippen LogP contribution in [-0.4, -0.2) is 32.1 Å². The number of anilines is 2. The largest absolute Gasteiger partial charge is 0.371 e. The smallest absolute Gasteiger partial charge is 0.244 e. The molecule has 2 rings (SSSR count). The Hall–Kier alpha value is -1.55. The van der Waals surface area contributed by atoms with Crippen molar-refractivity contribution in [2.45, 2.75) is 25.8 Å². The number of nitrogens with zero attached hydrogens (tertiary/aromatic N) is 2. The van der Waals surface area contributed by atoms with Gasteiger partial charge in [0, 0.05) is 20.1 Å². The lowest BCUT2D eigenvalue weighted by Gasteiger charge is -2.36. The van der Waals surface area contributed by atoms with Gasteiger partial charge in [0.25, 0.3) is 0 Å². The summed E-state index contributed by atoms with van der Waals surface area (Å²) in [7, 11) is 2.05. The molecule has 4 nitrogen and oxygen atoms in total. The molecule has 0 aromatic heterocycles. The van der Waals surface area contributed by atoms with E-state index >= 15 is 0 Å². The number of carbonyl (C=O) groups excluding carboxylic acids is 1. The van der Waals surface area contributed by atoms with Crippen LogP contribution >= 0.6 is 0 Å². The van der Waals surface area contributed by atoms with E-state index in [1.807, 2.05) is 43.1 Å². The van der Waals surface area contributed by atoms with Gasteiger partial charge in [0.05, 0.1) is 17.4 Å². The van der Waals surface area contributed by atoms with Gasteiger partial charge >= 0.3 is 0 Å². The number of likely N-dealkylation sites (N-methyl/N-ethyl adjacent to an activating group) is 1. The van der Waals surface area contributed by atoms with Crippen LogP contribution in [0.15, 0.2) is 24.3 Å². The van der Waals surface area contributed by atoms with E-state index in [2.05, 4.69) is 4.90 Å². The number of hydrogen-bond donors (Lipinski definition) is 1. The van der Waals surface area contributed by atoms with E-state index in [9.17, 15) is 4.79 Å². The first-order chi connectivity index (χ1) is 8.65. The predicted octanol–water partition coefficient (Wildman–Crippen LogP) is 1.60. The average Bonchev–Trinajstić information content (AvgIpc) is 2.39. The predicted molar refractivity (Wildman–Crippen MR) is 74.9 cm³/mol. The van der Waals surface area contributed by atoms with Crippen LogP contribution in [-0.2, 0) is 4.79 Å². The number of carbonyl (C=O) groups is 1. The average molecular weight is 247 g/mol. The summed E-state index contributed by atoms with van der Waals surface area (Å²) < 4.78 is 0. The second-order valence-corrected chi connectivity index (χ2v) is 4.80. The first-order valence-corrected chi connectivity index (χ1v) is 6.52. The number of hydrogen-bond acceptors (Lipinski definition) is 3. The highest BCUT2D eigenvalue weighted by atomic mass is 16.2. The molecule has 1 amide bonds. The molecule has 0 aliphatic carbocycles. The minimum absolute atomic E-state index is 0.0393. The van der Waals surface area contributed by atoms with Crippen LogP contribution in [0.4, 0.5) is 11.4 Å². The van der Waals surface area contributed by atoms with Crippen LogP contribution < -0.4 is 15.5 Å². The lowest BCUT2D eigenvalue weighted by Crippen LogP contribution is -2.49. The Morgan fingerprint density at radius 3 is 2.67 bits per heavy atom. The van der Waals surface area contributed by atoms with Crippen LogP contribution in [0.1, 0.15) is 19.8 Å². The molecule has 0 saturated heterocycles. The monoisotopic (exact) mass is 247 g/mol. The van der Waals surface area contributed by atoms with Gasteiger partial charge in [-0.1, -0.05) is 25.5 Å². The highest BCUT2D eigenvalue weighted by Crippen LogP contribution is 2.32. The summed E-state index contributed by atoms with van der Waals surface area (Å²) in [6.07, 6.45) is 1.68. The number of para-hydroxylation sites is 2. The lowest BCUT2D eigenvalue weighted by atomic mass is 10.1. The van der Waals surface area contributed by atoms with Crippen LogP contribution in [0.3, 0.4) is 0 Å². The van der Waals surface area contributed by atoms with Crippen LogP contribution in [0.5, 0.6) is 0 Å². The maximum Gasteiger partial charge on any atom is 0.244 e. The molecule has 1 aliphatic heterocycles. The molecule has 98 valence electrons. The van der Waals surface area contributed by atoms with Gasteiger partial charge in [-0.3, -0.25) is 4.79 Å². The number of amides is 1. The fourth-order valence-electron chi connectivity index (χ4n) is 2.37. The highest BCUT2D eigenvalue weighted by Gasteiger charge is 2.27. The van der Waals surface area contributed by atoms with Crippen molar-refractivity contribution >= 4 is 17.3 Å². The Kier molecular flexibility index (Phi) is 3.87. The summed E-state index contributed by atoms with van der Waals surface area (Å²) in [5, 5.41) is 0. The fourth-order valence-corrected chi connectivity index (χ4v) is 2.37. The summed E-state index contributed by atoms with van der Waals surface area (Å²) in [5.74, 6) is 0.0393. The molecule has 1 aliphatic rings. The molecular weight excluding hydrogens is 226 g/mol. The Morgan fingerprint density at radius 2 is 2.00 bits per heavy atom. The number of nitrogens with two attached hydrogens (primary N) is 1. The second kappa shape index (κ2) is 5.40. The van der Waals surface area contributed by atoms with E-state index in [0.29, 0.717) is 6.54 Å². The summed E-state index contributed by atoms with van der Waals surface area (Å²) in [6.45, 7) is 3.61. The lowest BCUT2D eigenvalue weighted by molar-refractivity contribution is -0.120. The van der Waals surface area contributed by atoms with Crippen molar-refractivity contribution in [1.29, 1.82) is 0 Å². The van der Waals surface area contributed by atoms with Gasteiger partial charge in [-0.2, -0.15) is 0 Å². The molecule has 1 atom stereocenters. The minimum Gasteiger partial charge on any atom is -0.371 e. The summed E-state index contributed by atoms with van der Waals surface area (Å²) >= 11 is 0. The van der Waals surface area contributed by atoms with Crippen molar-refractivity contribution in [3.8, 4) is 0 Å². The number of benzene rings is 1. The standard InChI is InChI=1S/C14H21N3O/c1-3-6-11(15)14(18)17-10-9-16(2)12-7-4-5-8-13(12)17/h4-5,7-8,11H,3,6,9-10,15H2,1-2H3/t11-/m1/s1. The number of fused-ring (bicyclic) bond motifs is 1. The van der Waals surface area contributed by atoms with Crippen molar-refractivity contribution in [2.24, 2.45) is 5.73 Å². The summed E-state index contributed by atoms with van der Waals surface area (Å²) in [4.78, 5) is 16.3. The Morgan fingerprint density at radius 1 is 1.33 bits per heavy atom. The molecule has 4 heteroatoms. The van der Waals surface area contributed by atoms with Crippen molar-refractivity contribution in [2.75, 3.05) is 29.9 Å². The molecule has 0 saturated carbocycles. The van der Waals surface area contributed by atoms with Crippen molar-refractivity contribution in [3.05, 3.63) is 24.3 Å². The van der Waals surface area contributed by atoms with E-state index < -0.39 is 0 Å². The summed E-state index contributed by atoms with van der Waals surface area (Å²) in [5.41, 5.74) is 8.02.